The van der Waals surface area contributed by atoms with Gasteiger partial charge in [0.05, 0.1) is 0 Å². The summed E-state index contributed by atoms with van der Waals surface area (Å²) in [7, 11) is 0. The lowest BCUT2D eigenvalue weighted by Crippen LogP contribution is -2.36. The predicted octanol–water partition coefficient (Wildman–Crippen LogP) is 1.58. The van der Waals surface area contributed by atoms with Crippen molar-refractivity contribution < 1.29 is 14.7 Å². The Kier molecular flexibility index (Phi) is 1.65. The molecular formula is C11H15O3. The SMILES string of the molecule is CC1CCC2C(C)(C)C2(C([O])=O)C1=O. The fraction of sp³-hybridized carbons (Fsp3) is 0.818. The van der Waals surface area contributed by atoms with E-state index in [4.69, 9.17) is 0 Å². The van der Waals surface area contributed by atoms with E-state index in [1.165, 1.54) is 0 Å². The van der Waals surface area contributed by atoms with Crippen molar-refractivity contribution in [3.8, 4) is 0 Å². The van der Waals surface area contributed by atoms with Crippen LogP contribution in [0.15, 0.2) is 0 Å². The lowest BCUT2D eigenvalue weighted by Gasteiger charge is -2.21. The van der Waals surface area contributed by atoms with Gasteiger partial charge in [-0.2, -0.15) is 0 Å². The summed E-state index contributed by atoms with van der Waals surface area (Å²) in [6.45, 7) is 5.55. The number of carbonyl (C=O) groups excluding carboxylic acids is 2. The largest absolute Gasteiger partial charge is 0.369 e. The van der Waals surface area contributed by atoms with E-state index in [0.717, 1.165) is 12.8 Å². The lowest BCUT2D eigenvalue weighted by molar-refractivity contribution is -0.158. The molecule has 2 saturated carbocycles. The molecule has 0 amide bonds. The van der Waals surface area contributed by atoms with Gasteiger partial charge in [-0.3, -0.25) is 4.79 Å². The second-order valence-electron chi connectivity index (χ2n) is 5.21. The van der Waals surface area contributed by atoms with E-state index in [1.807, 2.05) is 20.8 Å². The van der Waals surface area contributed by atoms with E-state index in [1.54, 1.807) is 0 Å². The first-order valence-corrected chi connectivity index (χ1v) is 5.12. The third kappa shape index (κ3) is 0.748. The molecule has 0 spiro atoms. The van der Waals surface area contributed by atoms with Crippen LogP contribution in [0.25, 0.3) is 0 Å². The Morgan fingerprint density at radius 1 is 1.36 bits per heavy atom. The van der Waals surface area contributed by atoms with Gasteiger partial charge in [0.15, 0.2) is 5.78 Å². The number of rotatable bonds is 1. The number of fused-ring (bicyclic) bond motifs is 1. The molecule has 3 atom stereocenters. The first-order valence-electron chi connectivity index (χ1n) is 5.12. The van der Waals surface area contributed by atoms with Crippen LogP contribution in [0.2, 0.25) is 0 Å². The first-order chi connectivity index (χ1) is 6.36. The van der Waals surface area contributed by atoms with Gasteiger partial charge in [0.1, 0.15) is 5.41 Å². The fourth-order valence-electron chi connectivity index (χ4n) is 3.38. The van der Waals surface area contributed by atoms with Gasteiger partial charge in [-0.05, 0) is 24.2 Å². The monoisotopic (exact) mass is 195 g/mol. The van der Waals surface area contributed by atoms with Gasteiger partial charge in [-0.1, -0.05) is 20.8 Å². The average molecular weight is 195 g/mol. The molecule has 0 aromatic heterocycles. The smallest absolute Gasteiger partial charge is 0.298 e. The van der Waals surface area contributed by atoms with Crippen molar-refractivity contribution in [1.82, 2.24) is 0 Å². The van der Waals surface area contributed by atoms with Crippen LogP contribution >= 0.6 is 0 Å². The summed E-state index contributed by atoms with van der Waals surface area (Å²) in [5, 5.41) is 11.2. The number of carbonyl (C=O) groups is 2. The van der Waals surface area contributed by atoms with Crippen molar-refractivity contribution in [3.63, 3.8) is 0 Å². The molecule has 3 heteroatoms. The molecule has 0 aromatic carbocycles. The van der Waals surface area contributed by atoms with Crippen molar-refractivity contribution in [1.29, 1.82) is 0 Å². The summed E-state index contributed by atoms with van der Waals surface area (Å²) in [5.41, 5.74) is -1.56. The molecule has 0 saturated heterocycles. The Labute approximate surface area is 83.5 Å². The second kappa shape index (κ2) is 2.38. The topological polar surface area (TPSA) is 54.0 Å². The molecule has 0 heterocycles. The first kappa shape index (κ1) is 9.69. The number of ketones is 1. The van der Waals surface area contributed by atoms with E-state index in [2.05, 4.69) is 0 Å². The minimum Gasteiger partial charge on any atom is -0.298 e. The van der Waals surface area contributed by atoms with Crippen molar-refractivity contribution in [2.45, 2.75) is 33.6 Å². The van der Waals surface area contributed by atoms with Gasteiger partial charge in [0, 0.05) is 5.92 Å². The van der Waals surface area contributed by atoms with Crippen LogP contribution in [0.3, 0.4) is 0 Å². The van der Waals surface area contributed by atoms with E-state index in [-0.39, 0.29) is 17.6 Å². The molecule has 2 aliphatic rings. The van der Waals surface area contributed by atoms with Crippen LogP contribution in [0, 0.1) is 22.7 Å². The van der Waals surface area contributed by atoms with Crippen molar-refractivity contribution in [2.75, 3.05) is 0 Å². The lowest BCUT2D eigenvalue weighted by atomic mass is 9.79. The number of hydrogen-bond acceptors (Lipinski definition) is 2. The Balaban J connectivity index is 2.45. The third-order valence-corrected chi connectivity index (χ3v) is 4.37. The van der Waals surface area contributed by atoms with Crippen molar-refractivity contribution >= 4 is 11.8 Å². The zero-order chi connectivity index (χ0) is 10.7. The molecule has 14 heavy (non-hydrogen) atoms. The summed E-state index contributed by atoms with van der Waals surface area (Å²) in [6.07, 6.45) is 1.66. The summed E-state index contributed by atoms with van der Waals surface area (Å²) in [6, 6.07) is 0. The molecular weight excluding hydrogens is 180 g/mol. The molecule has 0 aliphatic heterocycles. The van der Waals surface area contributed by atoms with E-state index < -0.39 is 16.8 Å². The molecule has 0 N–H and O–H groups in total. The standard InChI is InChI=1S/C11H15O3/c1-6-4-5-7-10(2,3)11(7,8(6)12)9(13)14/h6-7H,4-5H2,1-3H3. The summed E-state index contributed by atoms with van der Waals surface area (Å²) in [4.78, 5) is 23.1. The summed E-state index contributed by atoms with van der Waals surface area (Å²) in [5.74, 6) is -1.39. The molecule has 0 aromatic rings. The highest BCUT2D eigenvalue weighted by atomic mass is 16.4. The maximum absolute atomic E-state index is 11.9. The van der Waals surface area contributed by atoms with E-state index in [0.29, 0.717) is 0 Å². The average Bonchev–Trinajstić information content (AvgIpc) is 2.58. The Bertz CT molecular complexity index is 318. The normalized spacial score (nSPS) is 44.4. The fourth-order valence-corrected chi connectivity index (χ4v) is 3.38. The van der Waals surface area contributed by atoms with Gasteiger partial charge in [-0.25, -0.2) is 9.90 Å². The van der Waals surface area contributed by atoms with Gasteiger partial charge in [0.25, 0.3) is 0 Å². The molecule has 0 bridgehead atoms. The van der Waals surface area contributed by atoms with Crippen molar-refractivity contribution in [2.24, 2.45) is 22.7 Å². The predicted molar refractivity (Wildman–Crippen MR) is 48.8 cm³/mol. The van der Waals surface area contributed by atoms with Gasteiger partial charge in [-0.15, -0.1) is 0 Å². The van der Waals surface area contributed by atoms with Crippen LogP contribution < -0.4 is 0 Å². The van der Waals surface area contributed by atoms with Crippen LogP contribution in [0.1, 0.15) is 33.6 Å². The quantitative estimate of drug-likeness (QED) is 0.596. The van der Waals surface area contributed by atoms with Gasteiger partial charge >= 0.3 is 5.97 Å². The Morgan fingerprint density at radius 3 is 2.36 bits per heavy atom. The minimum atomic E-state index is -1.16. The maximum Gasteiger partial charge on any atom is 0.369 e. The van der Waals surface area contributed by atoms with Gasteiger partial charge < -0.3 is 0 Å². The highest BCUT2D eigenvalue weighted by molar-refractivity contribution is 6.09. The second-order valence-corrected chi connectivity index (χ2v) is 5.21. The van der Waals surface area contributed by atoms with Crippen LogP contribution in [-0.4, -0.2) is 11.8 Å². The van der Waals surface area contributed by atoms with Gasteiger partial charge in [0.2, 0.25) is 0 Å². The Morgan fingerprint density at radius 2 is 1.93 bits per heavy atom. The molecule has 2 aliphatic carbocycles. The minimum absolute atomic E-state index is 0.00343. The van der Waals surface area contributed by atoms with E-state index >= 15 is 0 Å². The highest BCUT2D eigenvalue weighted by Crippen LogP contribution is 2.74. The number of Topliss-reactive ketones (excluding diaryl/α,β-unsaturated/α-hetero) is 1. The molecule has 3 nitrogen and oxygen atoms in total. The van der Waals surface area contributed by atoms with Crippen LogP contribution in [0.4, 0.5) is 0 Å². The number of hydrogen-bond donors (Lipinski definition) is 0. The molecule has 2 fully saturated rings. The summed E-state index contributed by atoms with van der Waals surface area (Å²) >= 11 is 0. The maximum atomic E-state index is 11.9. The van der Waals surface area contributed by atoms with Crippen LogP contribution in [-0.2, 0) is 14.7 Å². The van der Waals surface area contributed by atoms with Crippen LogP contribution in [0.5, 0.6) is 0 Å². The Hall–Kier alpha value is -0.860. The zero-order valence-electron chi connectivity index (χ0n) is 8.79. The third-order valence-electron chi connectivity index (χ3n) is 4.37. The molecule has 3 unspecified atom stereocenters. The molecule has 1 radical (unpaired) electrons. The highest BCUT2D eigenvalue weighted by Gasteiger charge is 2.81. The molecule has 2 rings (SSSR count). The summed E-state index contributed by atoms with van der Waals surface area (Å²) < 4.78 is 0. The zero-order valence-corrected chi connectivity index (χ0v) is 8.79. The van der Waals surface area contributed by atoms with E-state index in [9.17, 15) is 14.7 Å². The van der Waals surface area contributed by atoms with Crippen molar-refractivity contribution in [3.05, 3.63) is 0 Å². The molecule has 77 valence electrons.